The van der Waals surface area contributed by atoms with E-state index in [1.165, 1.54) is 12.0 Å². The van der Waals surface area contributed by atoms with Gasteiger partial charge in [0, 0.05) is 32.7 Å². The van der Waals surface area contributed by atoms with Crippen molar-refractivity contribution in [2.24, 2.45) is 10.9 Å². The van der Waals surface area contributed by atoms with Crippen molar-refractivity contribution < 1.29 is 4.79 Å². The summed E-state index contributed by atoms with van der Waals surface area (Å²) in [6, 6.07) is 18.4. The standard InChI is InChI=1S/C23H30N4O.HI/c1-4-24-23(26-16-20-14-21(20)18-8-6-5-7-9-18)25-15-17-10-12-19(13-11-17)22(28)27(2)3;/h5-13,20-21H,4,14-16H2,1-3H3,(H2,24,25,26);1H. The summed E-state index contributed by atoms with van der Waals surface area (Å²) in [6.07, 6.45) is 1.23. The molecule has 1 amide bonds. The number of aliphatic imine (C=N–C) groups is 1. The van der Waals surface area contributed by atoms with Crippen LogP contribution in [0.15, 0.2) is 59.6 Å². The molecule has 2 aromatic rings. The van der Waals surface area contributed by atoms with Crippen LogP contribution in [0.25, 0.3) is 0 Å². The minimum absolute atomic E-state index is 0. The van der Waals surface area contributed by atoms with Crippen LogP contribution in [0.1, 0.15) is 40.7 Å². The van der Waals surface area contributed by atoms with Crippen molar-refractivity contribution in [2.45, 2.75) is 25.8 Å². The molecule has 3 rings (SSSR count). The van der Waals surface area contributed by atoms with E-state index in [9.17, 15) is 4.79 Å². The number of nitrogens with zero attached hydrogens (tertiary/aromatic N) is 2. The average Bonchev–Trinajstić information content (AvgIpc) is 3.50. The minimum atomic E-state index is 0. The third-order valence-corrected chi connectivity index (χ3v) is 5.05. The predicted molar refractivity (Wildman–Crippen MR) is 130 cm³/mol. The number of nitrogens with one attached hydrogen (secondary N) is 2. The molecule has 2 atom stereocenters. The molecule has 2 aromatic carbocycles. The lowest BCUT2D eigenvalue weighted by atomic mass is 10.1. The van der Waals surface area contributed by atoms with Gasteiger partial charge in [0.05, 0.1) is 6.54 Å². The van der Waals surface area contributed by atoms with Crippen molar-refractivity contribution in [3.8, 4) is 0 Å². The van der Waals surface area contributed by atoms with Crippen molar-refractivity contribution in [2.75, 3.05) is 27.2 Å². The van der Waals surface area contributed by atoms with Gasteiger partial charge in [-0.05, 0) is 48.4 Å². The van der Waals surface area contributed by atoms with Gasteiger partial charge < -0.3 is 15.5 Å². The largest absolute Gasteiger partial charge is 0.357 e. The van der Waals surface area contributed by atoms with Gasteiger partial charge in [-0.1, -0.05) is 42.5 Å². The first-order chi connectivity index (χ1) is 13.6. The fourth-order valence-electron chi connectivity index (χ4n) is 3.33. The Morgan fingerprint density at radius 1 is 1.07 bits per heavy atom. The van der Waals surface area contributed by atoms with Crippen molar-refractivity contribution in [1.29, 1.82) is 0 Å². The first-order valence-corrected chi connectivity index (χ1v) is 9.96. The third kappa shape index (κ3) is 6.73. The molecular weight excluding hydrogens is 475 g/mol. The Kier molecular flexibility index (Phi) is 8.95. The van der Waals surface area contributed by atoms with Gasteiger partial charge >= 0.3 is 0 Å². The van der Waals surface area contributed by atoms with E-state index in [1.54, 1.807) is 19.0 Å². The summed E-state index contributed by atoms with van der Waals surface area (Å²) in [5.74, 6) is 2.19. The molecule has 5 nitrogen and oxygen atoms in total. The van der Waals surface area contributed by atoms with E-state index in [4.69, 9.17) is 0 Å². The Hall–Kier alpha value is -2.09. The van der Waals surface area contributed by atoms with E-state index in [1.807, 2.05) is 24.3 Å². The lowest BCUT2D eigenvalue weighted by Crippen LogP contribution is -2.38. The Balaban J connectivity index is 0.00000300. The molecule has 156 valence electrons. The van der Waals surface area contributed by atoms with Crippen LogP contribution in [-0.2, 0) is 6.54 Å². The van der Waals surface area contributed by atoms with Crippen LogP contribution >= 0.6 is 24.0 Å². The smallest absolute Gasteiger partial charge is 0.253 e. The van der Waals surface area contributed by atoms with Crippen molar-refractivity contribution in [1.82, 2.24) is 15.5 Å². The van der Waals surface area contributed by atoms with Gasteiger partial charge in [0.2, 0.25) is 0 Å². The van der Waals surface area contributed by atoms with Gasteiger partial charge in [-0.25, -0.2) is 4.99 Å². The van der Waals surface area contributed by atoms with Gasteiger partial charge in [-0.3, -0.25) is 4.79 Å². The maximum Gasteiger partial charge on any atom is 0.253 e. The van der Waals surface area contributed by atoms with E-state index in [2.05, 4.69) is 52.9 Å². The second-order valence-corrected chi connectivity index (χ2v) is 7.49. The fourth-order valence-corrected chi connectivity index (χ4v) is 3.33. The molecular formula is C23H31IN4O. The van der Waals surface area contributed by atoms with Crippen LogP contribution < -0.4 is 10.6 Å². The second-order valence-electron chi connectivity index (χ2n) is 7.49. The molecule has 0 spiro atoms. The van der Waals surface area contributed by atoms with E-state index in [0.717, 1.165) is 24.6 Å². The molecule has 29 heavy (non-hydrogen) atoms. The molecule has 0 heterocycles. The second kappa shape index (κ2) is 11.2. The van der Waals surface area contributed by atoms with Crippen LogP contribution in [0.4, 0.5) is 0 Å². The zero-order chi connectivity index (χ0) is 19.9. The molecule has 0 bridgehead atoms. The molecule has 0 saturated heterocycles. The van der Waals surface area contributed by atoms with Crippen LogP contribution in [-0.4, -0.2) is 44.0 Å². The summed E-state index contributed by atoms with van der Waals surface area (Å²) >= 11 is 0. The maximum atomic E-state index is 12.0. The maximum absolute atomic E-state index is 12.0. The Labute approximate surface area is 191 Å². The zero-order valence-corrected chi connectivity index (χ0v) is 19.7. The summed E-state index contributed by atoms with van der Waals surface area (Å²) in [5, 5.41) is 6.79. The SMILES string of the molecule is CCNC(=NCc1ccc(C(=O)N(C)C)cc1)NCC1CC1c1ccccc1.I. The molecule has 0 aromatic heterocycles. The molecule has 1 saturated carbocycles. The quantitative estimate of drug-likeness (QED) is 0.341. The summed E-state index contributed by atoms with van der Waals surface area (Å²) in [5.41, 5.74) is 3.22. The van der Waals surface area contributed by atoms with Crippen LogP contribution in [0.2, 0.25) is 0 Å². The number of rotatable bonds is 7. The van der Waals surface area contributed by atoms with Crippen molar-refractivity contribution in [3.63, 3.8) is 0 Å². The van der Waals surface area contributed by atoms with Crippen molar-refractivity contribution in [3.05, 3.63) is 71.3 Å². The van der Waals surface area contributed by atoms with Crippen LogP contribution in [0.5, 0.6) is 0 Å². The van der Waals surface area contributed by atoms with Crippen LogP contribution in [0, 0.1) is 5.92 Å². The molecule has 2 unspecified atom stereocenters. The lowest BCUT2D eigenvalue weighted by Gasteiger charge is -2.12. The molecule has 0 aliphatic heterocycles. The molecule has 0 radical (unpaired) electrons. The zero-order valence-electron chi connectivity index (χ0n) is 17.4. The highest BCUT2D eigenvalue weighted by molar-refractivity contribution is 14.0. The highest BCUT2D eigenvalue weighted by Crippen LogP contribution is 2.46. The molecule has 1 aliphatic carbocycles. The van der Waals surface area contributed by atoms with E-state index in [0.29, 0.717) is 23.9 Å². The fraction of sp³-hybridized carbons (Fsp3) is 0.391. The van der Waals surface area contributed by atoms with Gasteiger partial charge in [-0.2, -0.15) is 0 Å². The van der Waals surface area contributed by atoms with Crippen molar-refractivity contribution >= 4 is 35.8 Å². The van der Waals surface area contributed by atoms with E-state index < -0.39 is 0 Å². The van der Waals surface area contributed by atoms with Gasteiger partial charge in [-0.15, -0.1) is 24.0 Å². The first-order valence-electron chi connectivity index (χ1n) is 9.96. The normalized spacial score (nSPS) is 17.8. The third-order valence-electron chi connectivity index (χ3n) is 5.05. The highest BCUT2D eigenvalue weighted by atomic mass is 127. The van der Waals surface area contributed by atoms with E-state index in [-0.39, 0.29) is 29.9 Å². The van der Waals surface area contributed by atoms with E-state index >= 15 is 0 Å². The molecule has 2 N–H and O–H groups in total. The lowest BCUT2D eigenvalue weighted by molar-refractivity contribution is 0.0827. The predicted octanol–water partition coefficient (Wildman–Crippen LogP) is 3.87. The minimum Gasteiger partial charge on any atom is -0.357 e. The topological polar surface area (TPSA) is 56.7 Å². The summed E-state index contributed by atoms with van der Waals surface area (Å²) in [7, 11) is 3.52. The molecule has 6 heteroatoms. The highest BCUT2D eigenvalue weighted by Gasteiger charge is 2.37. The first kappa shape index (κ1) is 23.2. The molecule has 1 fully saturated rings. The monoisotopic (exact) mass is 506 g/mol. The number of hydrogen-bond donors (Lipinski definition) is 2. The number of guanidine groups is 1. The number of hydrogen-bond acceptors (Lipinski definition) is 2. The Bertz CT molecular complexity index is 805. The Morgan fingerprint density at radius 2 is 1.76 bits per heavy atom. The average molecular weight is 506 g/mol. The van der Waals surface area contributed by atoms with Gasteiger partial charge in [0.1, 0.15) is 0 Å². The number of carbonyl (C=O) groups is 1. The summed E-state index contributed by atoms with van der Waals surface area (Å²) in [4.78, 5) is 18.2. The number of carbonyl (C=O) groups excluding carboxylic acids is 1. The summed E-state index contributed by atoms with van der Waals surface area (Å²) in [6.45, 7) is 4.41. The van der Waals surface area contributed by atoms with Gasteiger partial charge in [0.15, 0.2) is 5.96 Å². The Morgan fingerprint density at radius 3 is 2.38 bits per heavy atom. The molecule has 1 aliphatic rings. The number of halogens is 1. The number of benzene rings is 2. The van der Waals surface area contributed by atoms with Gasteiger partial charge in [0.25, 0.3) is 5.91 Å². The van der Waals surface area contributed by atoms with Crippen LogP contribution in [0.3, 0.4) is 0 Å². The number of amides is 1. The summed E-state index contributed by atoms with van der Waals surface area (Å²) < 4.78 is 0.